The summed E-state index contributed by atoms with van der Waals surface area (Å²) in [6.07, 6.45) is 3.31. The smallest absolute Gasteiger partial charge is 0.151 e. The van der Waals surface area contributed by atoms with Crippen LogP contribution in [0.5, 0.6) is 5.75 Å². The molecule has 3 rings (SSSR count). The topological polar surface area (TPSA) is 61.7 Å². The monoisotopic (exact) mass is 384 g/mol. The lowest BCUT2D eigenvalue weighted by molar-refractivity contribution is 0.0590. The Morgan fingerprint density at radius 3 is 2.57 bits per heavy atom. The molecule has 0 amide bonds. The van der Waals surface area contributed by atoms with Crippen molar-refractivity contribution in [2.45, 2.75) is 45.8 Å². The molecule has 1 atom stereocenters. The van der Waals surface area contributed by atoms with E-state index in [9.17, 15) is 5.11 Å². The summed E-state index contributed by atoms with van der Waals surface area (Å²) in [6, 6.07) is 8.55. The minimum Gasteiger partial charge on any atom is -0.490 e. The van der Waals surface area contributed by atoms with E-state index in [1.54, 1.807) is 6.20 Å². The van der Waals surface area contributed by atoms with E-state index >= 15 is 0 Å². The Balaban J connectivity index is 1.45. The van der Waals surface area contributed by atoms with Crippen LogP contribution in [-0.2, 0) is 0 Å². The summed E-state index contributed by atoms with van der Waals surface area (Å²) in [5.41, 5.74) is 3.48. The molecular weight excluding hydrogens is 352 g/mol. The fourth-order valence-electron chi connectivity index (χ4n) is 3.84. The van der Waals surface area contributed by atoms with Crippen molar-refractivity contribution >= 4 is 5.82 Å². The first kappa shape index (κ1) is 20.6. The summed E-state index contributed by atoms with van der Waals surface area (Å²) >= 11 is 0. The molecule has 1 aliphatic rings. The molecule has 0 radical (unpaired) electrons. The van der Waals surface area contributed by atoms with E-state index in [0.717, 1.165) is 48.6 Å². The lowest BCUT2D eigenvalue weighted by Gasteiger charge is -2.37. The molecule has 152 valence electrons. The van der Waals surface area contributed by atoms with E-state index in [1.165, 1.54) is 5.56 Å². The van der Waals surface area contributed by atoms with Crippen LogP contribution in [0.2, 0.25) is 0 Å². The van der Waals surface area contributed by atoms with Gasteiger partial charge in [0.05, 0.1) is 0 Å². The fourth-order valence-corrected chi connectivity index (χ4v) is 3.84. The summed E-state index contributed by atoms with van der Waals surface area (Å²) < 4.78 is 5.97. The van der Waals surface area contributed by atoms with E-state index in [2.05, 4.69) is 53.0 Å². The van der Waals surface area contributed by atoms with Crippen LogP contribution in [0.3, 0.4) is 0 Å². The van der Waals surface area contributed by atoms with Gasteiger partial charge in [0.2, 0.25) is 0 Å². The highest BCUT2D eigenvalue weighted by Gasteiger charge is 2.24. The van der Waals surface area contributed by atoms with Crippen molar-refractivity contribution in [2.75, 3.05) is 38.2 Å². The maximum atomic E-state index is 10.5. The number of nitrogens with zero attached hydrogens (tertiary/aromatic N) is 4. The largest absolute Gasteiger partial charge is 0.490 e. The van der Waals surface area contributed by atoms with Crippen LogP contribution in [0.25, 0.3) is 0 Å². The average Bonchev–Trinajstić information content (AvgIpc) is 2.71. The van der Waals surface area contributed by atoms with Crippen LogP contribution in [-0.4, -0.2) is 65.6 Å². The van der Waals surface area contributed by atoms with Crippen molar-refractivity contribution in [3.63, 3.8) is 0 Å². The van der Waals surface area contributed by atoms with E-state index in [1.807, 2.05) is 19.1 Å². The lowest BCUT2D eigenvalue weighted by Crippen LogP contribution is -2.46. The van der Waals surface area contributed by atoms with Crippen LogP contribution in [0.15, 0.2) is 30.5 Å². The van der Waals surface area contributed by atoms with Gasteiger partial charge in [0.15, 0.2) is 5.82 Å². The SMILES string of the molecule is Cc1ccc(C)c(OCC(O)CN2CCC(N(C)c3cccnn3)CC2)c1C. The number of likely N-dealkylation sites (tertiary alicyclic amines) is 1. The van der Waals surface area contributed by atoms with Crippen LogP contribution < -0.4 is 9.64 Å². The number of benzene rings is 1. The normalized spacial score (nSPS) is 16.8. The minimum absolute atomic E-state index is 0.324. The Kier molecular flexibility index (Phi) is 6.86. The number of hydrogen-bond acceptors (Lipinski definition) is 6. The van der Waals surface area contributed by atoms with Crippen LogP contribution >= 0.6 is 0 Å². The van der Waals surface area contributed by atoms with Gasteiger partial charge in [-0.25, -0.2) is 0 Å². The van der Waals surface area contributed by atoms with Crippen molar-refractivity contribution in [3.8, 4) is 5.75 Å². The molecule has 6 heteroatoms. The van der Waals surface area contributed by atoms with E-state index in [0.29, 0.717) is 19.2 Å². The zero-order valence-corrected chi connectivity index (χ0v) is 17.4. The molecule has 0 aliphatic carbocycles. The Labute approximate surface area is 168 Å². The summed E-state index contributed by atoms with van der Waals surface area (Å²) in [5.74, 6) is 1.82. The first-order valence-corrected chi connectivity index (χ1v) is 10.1. The van der Waals surface area contributed by atoms with Crippen LogP contribution in [0, 0.1) is 20.8 Å². The van der Waals surface area contributed by atoms with Gasteiger partial charge in [0.1, 0.15) is 18.5 Å². The molecule has 1 aromatic heterocycles. The zero-order chi connectivity index (χ0) is 20.1. The third-order valence-electron chi connectivity index (χ3n) is 5.79. The molecule has 1 N–H and O–H groups in total. The summed E-state index contributed by atoms with van der Waals surface area (Å²) in [7, 11) is 2.08. The number of piperidine rings is 1. The van der Waals surface area contributed by atoms with Crippen molar-refractivity contribution in [3.05, 3.63) is 47.2 Å². The number of ether oxygens (including phenoxy) is 1. The van der Waals surface area contributed by atoms with Crippen molar-refractivity contribution in [1.82, 2.24) is 15.1 Å². The zero-order valence-electron chi connectivity index (χ0n) is 17.4. The highest BCUT2D eigenvalue weighted by molar-refractivity contribution is 5.44. The molecule has 6 nitrogen and oxygen atoms in total. The van der Waals surface area contributed by atoms with Gasteiger partial charge in [0, 0.05) is 38.9 Å². The number of hydrogen-bond donors (Lipinski definition) is 1. The molecule has 1 aromatic carbocycles. The van der Waals surface area contributed by atoms with Gasteiger partial charge in [0.25, 0.3) is 0 Å². The number of aliphatic hydroxyl groups is 1. The lowest BCUT2D eigenvalue weighted by atomic mass is 10.0. The Morgan fingerprint density at radius 2 is 1.89 bits per heavy atom. The fraction of sp³-hybridized carbons (Fsp3) is 0.545. The molecule has 1 saturated heterocycles. The molecular formula is C22H32N4O2. The molecule has 2 aromatic rings. The molecule has 0 spiro atoms. The number of rotatable bonds is 7. The van der Waals surface area contributed by atoms with Crippen LogP contribution in [0.1, 0.15) is 29.5 Å². The average molecular weight is 385 g/mol. The first-order chi connectivity index (χ1) is 13.5. The molecule has 1 unspecified atom stereocenters. The summed E-state index contributed by atoms with van der Waals surface area (Å²) in [6.45, 7) is 9.11. The Bertz CT molecular complexity index is 761. The molecule has 28 heavy (non-hydrogen) atoms. The van der Waals surface area contributed by atoms with E-state index < -0.39 is 6.10 Å². The molecule has 1 aliphatic heterocycles. The maximum Gasteiger partial charge on any atom is 0.151 e. The minimum atomic E-state index is -0.492. The second kappa shape index (κ2) is 9.34. The highest BCUT2D eigenvalue weighted by atomic mass is 16.5. The standard InChI is InChI=1S/C22H32N4O2/c1-16-7-8-17(2)22(18(16)3)28-15-20(27)14-26-12-9-19(10-13-26)25(4)21-6-5-11-23-24-21/h5-8,11,19-20,27H,9-10,12-15H2,1-4H3. The first-order valence-electron chi connectivity index (χ1n) is 10.1. The van der Waals surface area contributed by atoms with Gasteiger partial charge in [-0.2, -0.15) is 5.10 Å². The molecule has 0 saturated carbocycles. The Morgan fingerprint density at radius 1 is 1.18 bits per heavy atom. The van der Waals surface area contributed by atoms with Crippen molar-refractivity contribution < 1.29 is 9.84 Å². The maximum absolute atomic E-state index is 10.5. The number of anilines is 1. The third kappa shape index (κ3) is 5.00. The third-order valence-corrected chi connectivity index (χ3v) is 5.79. The Hall–Kier alpha value is -2.18. The molecule has 0 bridgehead atoms. The number of aliphatic hydroxyl groups excluding tert-OH is 1. The van der Waals surface area contributed by atoms with E-state index in [-0.39, 0.29) is 0 Å². The van der Waals surface area contributed by atoms with Gasteiger partial charge in [-0.15, -0.1) is 5.10 Å². The van der Waals surface area contributed by atoms with Crippen molar-refractivity contribution in [2.24, 2.45) is 0 Å². The summed E-state index contributed by atoms with van der Waals surface area (Å²) in [5, 5.41) is 18.6. The van der Waals surface area contributed by atoms with Crippen molar-refractivity contribution in [1.29, 1.82) is 0 Å². The number of β-amino-alcohol motifs (C(OH)–C–C–N with tert-alkyl or cyclic N) is 1. The second-order valence-electron chi connectivity index (χ2n) is 7.84. The number of aromatic nitrogens is 2. The number of aryl methyl sites for hydroxylation is 2. The van der Waals surface area contributed by atoms with Gasteiger partial charge in [-0.3, -0.25) is 0 Å². The molecule has 2 heterocycles. The quantitative estimate of drug-likeness (QED) is 0.792. The second-order valence-corrected chi connectivity index (χ2v) is 7.84. The van der Waals surface area contributed by atoms with Crippen LogP contribution in [0.4, 0.5) is 5.82 Å². The summed E-state index contributed by atoms with van der Waals surface area (Å²) in [4.78, 5) is 4.54. The van der Waals surface area contributed by atoms with Gasteiger partial charge in [-0.1, -0.05) is 12.1 Å². The van der Waals surface area contributed by atoms with Gasteiger partial charge in [-0.05, 0) is 62.4 Å². The van der Waals surface area contributed by atoms with Gasteiger partial charge < -0.3 is 19.6 Å². The highest BCUT2D eigenvalue weighted by Crippen LogP contribution is 2.26. The predicted molar refractivity (Wildman–Crippen MR) is 112 cm³/mol. The van der Waals surface area contributed by atoms with E-state index in [4.69, 9.17) is 4.74 Å². The van der Waals surface area contributed by atoms with Gasteiger partial charge >= 0.3 is 0 Å². The molecule has 1 fully saturated rings. The predicted octanol–water partition coefficient (Wildman–Crippen LogP) is 2.74.